The van der Waals surface area contributed by atoms with Crippen molar-refractivity contribution >= 4 is 21.8 Å². The van der Waals surface area contributed by atoms with E-state index in [1.165, 1.54) is 0 Å². The molecule has 1 unspecified atom stereocenters. The highest BCUT2D eigenvalue weighted by atomic mass is 79.9. The van der Waals surface area contributed by atoms with E-state index in [4.69, 9.17) is 5.11 Å². The number of carbonyl (C=O) groups is 1. The summed E-state index contributed by atoms with van der Waals surface area (Å²) in [4.78, 5) is 14.3. The highest BCUT2D eigenvalue weighted by molar-refractivity contribution is 9.10. The molecule has 1 saturated heterocycles. The molecule has 1 fully saturated rings. The Hall–Kier alpha value is -0.870. The molecule has 1 aliphatic rings. The Morgan fingerprint density at radius 2 is 2.33 bits per heavy atom. The lowest BCUT2D eigenvalue weighted by molar-refractivity contribution is 0.0653. The van der Waals surface area contributed by atoms with Gasteiger partial charge in [0.05, 0.1) is 0 Å². The third kappa shape index (κ3) is 3.33. The first-order chi connectivity index (χ1) is 8.70. The van der Waals surface area contributed by atoms with Gasteiger partial charge in [-0.1, -0.05) is 22.0 Å². The smallest absolute Gasteiger partial charge is 0.253 e. The summed E-state index contributed by atoms with van der Waals surface area (Å²) in [6, 6.07) is 7.51. The van der Waals surface area contributed by atoms with Crippen molar-refractivity contribution in [3.05, 3.63) is 34.3 Å². The Morgan fingerprint density at radius 3 is 3.06 bits per heavy atom. The van der Waals surface area contributed by atoms with Crippen LogP contribution in [0.4, 0.5) is 0 Å². The maximum absolute atomic E-state index is 12.3. The number of hydrogen-bond donors (Lipinski definition) is 1. The van der Waals surface area contributed by atoms with E-state index in [0.717, 1.165) is 42.4 Å². The molecule has 18 heavy (non-hydrogen) atoms. The second-order valence-electron chi connectivity index (χ2n) is 4.78. The molecule has 3 nitrogen and oxygen atoms in total. The number of nitrogens with zero attached hydrogens (tertiary/aromatic N) is 1. The lowest BCUT2D eigenvalue weighted by atomic mass is 9.94. The molecule has 1 aromatic rings. The highest BCUT2D eigenvalue weighted by Crippen LogP contribution is 2.21. The molecule has 1 heterocycles. The van der Waals surface area contributed by atoms with Crippen molar-refractivity contribution in [2.45, 2.75) is 19.3 Å². The van der Waals surface area contributed by atoms with Crippen LogP contribution < -0.4 is 0 Å². The minimum atomic E-state index is 0.0962. The predicted molar refractivity (Wildman–Crippen MR) is 74.5 cm³/mol. The number of amides is 1. The zero-order valence-corrected chi connectivity index (χ0v) is 11.9. The zero-order chi connectivity index (χ0) is 13.0. The second-order valence-corrected chi connectivity index (χ2v) is 5.70. The van der Waals surface area contributed by atoms with Crippen LogP contribution in [-0.2, 0) is 0 Å². The number of rotatable bonds is 3. The van der Waals surface area contributed by atoms with Crippen molar-refractivity contribution in [3.63, 3.8) is 0 Å². The lowest BCUT2D eigenvalue weighted by Crippen LogP contribution is -2.40. The molecule has 0 bridgehead atoms. The summed E-state index contributed by atoms with van der Waals surface area (Å²) in [6.45, 7) is 1.81. The molecule has 1 aliphatic heterocycles. The molecule has 1 atom stereocenters. The maximum atomic E-state index is 12.3. The molecule has 1 N–H and O–H groups in total. The number of aliphatic hydroxyl groups excluding tert-OH is 1. The van der Waals surface area contributed by atoms with Crippen LogP contribution in [0, 0.1) is 5.92 Å². The van der Waals surface area contributed by atoms with Crippen LogP contribution >= 0.6 is 15.9 Å². The van der Waals surface area contributed by atoms with Gasteiger partial charge >= 0.3 is 0 Å². The fraction of sp³-hybridized carbons (Fsp3) is 0.500. The largest absolute Gasteiger partial charge is 0.396 e. The molecule has 0 radical (unpaired) electrons. The van der Waals surface area contributed by atoms with Gasteiger partial charge < -0.3 is 10.0 Å². The topological polar surface area (TPSA) is 40.5 Å². The summed E-state index contributed by atoms with van der Waals surface area (Å²) in [6.07, 6.45) is 2.94. The van der Waals surface area contributed by atoms with Gasteiger partial charge in [0, 0.05) is 29.7 Å². The van der Waals surface area contributed by atoms with Crippen molar-refractivity contribution in [1.82, 2.24) is 4.90 Å². The van der Waals surface area contributed by atoms with Crippen molar-refractivity contribution in [2.75, 3.05) is 19.7 Å². The average molecular weight is 312 g/mol. The summed E-state index contributed by atoms with van der Waals surface area (Å²) in [5.41, 5.74) is 0.731. The van der Waals surface area contributed by atoms with Crippen molar-refractivity contribution in [2.24, 2.45) is 5.92 Å². The summed E-state index contributed by atoms with van der Waals surface area (Å²) < 4.78 is 0.928. The van der Waals surface area contributed by atoms with Gasteiger partial charge in [0.2, 0.25) is 0 Å². The van der Waals surface area contributed by atoms with E-state index < -0.39 is 0 Å². The van der Waals surface area contributed by atoms with E-state index in [2.05, 4.69) is 15.9 Å². The summed E-state index contributed by atoms with van der Waals surface area (Å²) in [5.74, 6) is 0.541. The highest BCUT2D eigenvalue weighted by Gasteiger charge is 2.24. The molecule has 0 aromatic heterocycles. The first-order valence-corrected chi connectivity index (χ1v) is 7.15. The molecule has 4 heteroatoms. The molecule has 0 aliphatic carbocycles. The Morgan fingerprint density at radius 1 is 1.50 bits per heavy atom. The molecule has 1 amide bonds. The fourth-order valence-corrected chi connectivity index (χ4v) is 2.87. The van der Waals surface area contributed by atoms with Gasteiger partial charge in [-0.3, -0.25) is 4.79 Å². The Labute approximate surface area is 116 Å². The van der Waals surface area contributed by atoms with Crippen LogP contribution in [0.5, 0.6) is 0 Å². The maximum Gasteiger partial charge on any atom is 0.253 e. The van der Waals surface area contributed by atoms with Gasteiger partial charge in [0.1, 0.15) is 0 Å². The molecular weight excluding hydrogens is 294 g/mol. The van der Waals surface area contributed by atoms with E-state index >= 15 is 0 Å². The number of likely N-dealkylation sites (tertiary alicyclic amines) is 1. The third-order valence-corrected chi connectivity index (χ3v) is 3.91. The van der Waals surface area contributed by atoms with Crippen LogP contribution in [0.15, 0.2) is 28.7 Å². The van der Waals surface area contributed by atoms with E-state index in [1.54, 1.807) is 0 Å². The van der Waals surface area contributed by atoms with Crippen LogP contribution in [0.2, 0.25) is 0 Å². The number of halogens is 1. The Bertz CT molecular complexity index is 420. The summed E-state index contributed by atoms with van der Waals surface area (Å²) >= 11 is 3.39. The first kappa shape index (κ1) is 13.6. The van der Waals surface area contributed by atoms with Gasteiger partial charge in [0.15, 0.2) is 0 Å². The molecule has 0 saturated carbocycles. The number of hydrogen-bond acceptors (Lipinski definition) is 2. The Balaban J connectivity index is 2.04. The lowest BCUT2D eigenvalue weighted by Gasteiger charge is -2.32. The van der Waals surface area contributed by atoms with E-state index in [9.17, 15) is 4.79 Å². The summed E-state index contributed by atoms with van der Waals surface area (Å²) in [7, 11) is 0. The summed E-state index contributed by atoms with van der Waals surface area (Å²) in [5, 5.41) is 8.99. The minimum absolute atomic E-state index is 0.0962. The quantitative estimate of drug-likeness (QED) is 0.932. The SMILES string of the molecule is O=C(c1cccc(Br)c1)N1CCCC(CCO)C1. The fourth-order valence-electron chi connectivity index (χ4n) is 2.47. The van der Waals surface area contributed by atoms with E-state index in [0.29, 0.717) is 5.92 Å². The standard InChI is InChI=1S/C14H18BrNO2/c15-13-5-1-4-12(9-13)14(18)16-7-2-3-11(10-16)6-8-17/h1,4-5,9,11,17H,2-3,6-8,10H2. The second kappa shape index (κ2) is 6.34. The number of carbonyl (C=O) groups excluding carboxylic acids is 1. The third-order valence-electron chi connectivity index (χ3n) is 3.42. The van der Waals surface area contributed by atoms with Crippen LogP contribution in [0.25, 0.3) is 0 Å². The number of benzene rings is 1. The average Bonchev–Trinajstić information content (AvgIpc) is 2.39. The zero-order valence-electron chi connectivity index (χ0n) is 10.3. The van der Waals surface area contributed by atoms with Crippen LogP contribution in [-0.4, -0.2) is 35.6 Å². The Kier molecular flexibility index (Phi) is 4.78. The molecular formula is C14H18BrNO2. The first-order valence-electron chi connectivity index (χ1n) is 6.36. The van der Waals surface area contributed by atoms with Gasteiger partial charge in [-0.2, -0.15) is 0 Å². The molecule has 1 aromatic carbocycles. The predicted octanol–water partition coefficient (Wildman–Crippen LogP) is 2.68. The van der Waals surface area contributed by atoms with E-state index in [-0.39, 0.29) is 12.5 Å². The van der Waals surface area contributed by atoms with Gasteiger partial charge in [-0.15, -0.1) is 0 Å². The number of aliphatic hydroxyl groups is 1. The van der Waals surface area contributed by atoms with Gasteiger partial charge in [0.25, 0.3) is 5.91 Å². The normalized spacial score (nSPS) is 19.9. The van der Waals surface area contributed by atoms with Crippen LogP contribution in [0.3, 0.4) is 0 Å². The molecule has 0 spiro atoms. The van der Waals surface area contributed by atoms with Crippen molar-refractivity contribution in [1.29, 1.82) is 0 Å². The van der Waals surface area contributed by atoms with Crippen molar-refractivity contribution in [3.8, 4) is 0 Å². The van der Waals surface area contributed by atoms with Gasteiger partial charge in [-0.05, 0) is 43.4 Å². The minimum Gasteiger partial charge on any atom is -0.396 e. The molecule has 2 rings (SSSR count). The van der Waals surface area contributed by atoms with Crippen LogP contribution in [0.1, 0.15) is 29.6 Å². The van der Waals surface area contributed by atoms with Crippen molar-refractivity contribution < 1.29 is 9.90 Å². The van der Waals surface area contributed by atoms with E-state index in [1.807, 2.05) is 29.2 Å². The number of piperidine rings is 1. The molecule has 98 valence electrons. The monoisotopic (exact) mass is 311 g/mol. The van der Waals surface area contributed by atoms with Gasteiger partial charge in [-0.25, -0.2) is 0 Å².